The van der Waals surface area contributed by atoms with Gasteiger partial charge in [-0.2, -0.15) is 0 Å². The first-order valence-corrected chi connectivity index (χ1v) is 9.78. The lowest BCUT2D eigenvalue weighted by Gasteiger charge is -2.07. The van der Waals surface area contributed by atoms with Crippen molar-refractivity contribution in [2.45, 2.75) is 17.6 Å². The van der Waals surface area contributed by atoms with E-state index < -0.39 is 31.7 Å². The Balaban J connectivity index is 1.88. The van der Waals surface area contributed by atoms with Crippen molar-refractivity contribution in [2.75, 3.05) is 0 Å². The van der Waals surface area contributed by atoms with Crippen LogP contribution in [0.4, 0.5) is 0 Å². The molecule has 0 unspecified atom stereocenters. The van der Waals surface area contributed by atoms with Gasteiger partial charge in [-0.15, -0.1) is 0 Å². The molecule has 0 atom stereocenters. The maximum absolute atomic E-state index is 12.9. The van der Waals surface area contributed by atoms with Crippen LogP contribution in [0.2, 0.25) is 0 Å². The van der Waals surface area contributed by atoms with Crippen molar-refractivity contribution in [1.29, 1.82) is 0 Å². The molecule has 4 aromatic rings. The molecule has 0 saturated heterocycles. The Bertz CT molecular complexity index is 1410. The molecular weight excluding hydrogens is 368 g/mol. The van der Waals surface area contributed by atoms with E-state index in [1.54, 1.807) is 42.5 Å². The number of aryl methyl sites for hydroxylation is 1. The number of rotatable bonds is 3. The fourth-order valence-corrected chi connectivity index (χ4v) is 4.40. The average Bonchev–Trinajstić information content (AvgIpc) is 2.60. The first kappa shape index (κ1) is 17.2. The van der Waals surface area contributed by atoms with E-state index >= 15 is 0 Å². The van der Waals surface area contributed by atoms with Gasteiger partial charge in [0.2, 0.25) is 0 Å². The third-order valence-electron chi connectivity index (χ3n) is 4.28. The van der Waals surface area contributed by atoms with Crippen LogP contribution in [-0.2, 0) is 15.6 Å². The van der Waals surface area contributed by atoms with Crippen molar-refractivity contribution in [3.63, 3.8) is 0 Å². The zero-order valence-electron chi connectivity index (χ0n) is 14.3. The molecule has 0 saturated carbocycles. The fourth-order valence-electron chi connectivity index (χ4n) is 3.00. The van der Waals surface area contributed by atoms with Gasteiger partial charge in [0, 0.05) is 16.8 Å². The Hall–Kier alpha value is -3.19. The van der Waals surface area contributed by atoms with E-state index in [4.69, 9.17) is 8.83 Å². The van der Waals surface area contributed by atoms with E-state index in [0.29, 0.717) is 21.9 Å². The number of sulfone groups is 1. The zero-order valence-corrected chi connectivity index (χ0v) is 15.1. The predicted octanol–water partition coefficient (Wildman–Crippen LogP) is 3.18. The van der Waals surface area contributed by atoms with Crippen LogP contribution < -0.4 is 11.3 Å². The molecule has 0 radical (unpaired) electrons. The number of hydrogen-bond acceptors (Lipinski definition) is 6. The molecule has 0 spiro atoms. The molecule has 0 aliphatic carbocycles. The summed E-state index contributed by atoms with van der Waals surface area (Å²) in [4.78, 5) is 23.6. The van der Waals surface area contributed by atoms with Gasteiger partial charge in [-0.3, -0.25) is 0 Å². The Morgan fingerprint density at radius 1 is 0.889 bits per heavy atom. The Labute approximate surface area is 153 Å². The molecule has 0 aliphatic heterocycles. The summed E-state index contributed by atoms with van der Waals surface area (Å²) in [6.45, 7) is 1.84. The normalized spacial score (nSPS) is 11.9. The van der Waals surface area contributed by atoms with Crippen molar-refractivity contribution < 1.29 is 17.3 Å². The Kier molecular flexibility index (Phi) is 3.96. The second-order valence-corrected chi connectivity index (χ2v) is 8.24. The third kappa shape index (κ3) is 3.17. The van der Waals surface area contributed by atoms with Crippen molar-refractivity contribution >= 4 is 31.8 Å². The van der Waals surface area contributed by atoms with Gasteiger partial charge in [-0.1, -0.05) is 30.3 Å². The highest BCUT2D eigenvalue weighted by Crippen LogP contribution is 2.23. The van der Waals surface area contributed by atoms with Crippen molar-refractivity contribution in [1.82, 2.24) is 0 Å². The molecule has 0 N–H and O–H groups in total. The van der Waals surface area contributed by atoms with Crippen LogP contribution in [-0.4, -0.2) is 8.42 Å². The number of para-hydroxylation sites is 1. The van der Waals surface area contributed by atoms with Gasteiger partial charge in [0.1, 0.15) is 11.2 Å². The number of hydrogen-bond donors (Lipinski definition) is 0. The molecule has 7 heteroatoms. The highest BCUT2D eigenvalue weighted by Gasteiger charge is 2.23. The molecule has 2 heterocycles. The summed E-state index contributed by atoms with van der Waals surface area (Å²) in [7, 11) is -4.04. The van der Waals surface area contributed by atoms with E-state index in [1.807, 2.05) is 6.92 Å². The monoisotopic (exact) mass is 382 g/mol. The van der Waals surface area contributed by atoms with E-state index in [0.717, 1.165) is 11.6 Å². The van der Waals surface area contributed by atoms with Gasteiger partial charge in [0.05, 0.1) is 5.75 Å². The van der Waals surface area contributed by atoms with Gasteiger partial charge in [0.25, 0.3) is 0 Å². The van der Waals surface area contributed by atoms with Crippen LogP contribution in [0.3, 0.4) is 0 Å². The van der Waals surface area contributed by atoms with E-state index in [-0.39, 0.29) is 5.56 Å². The second-order valence-electron chi connectivity index (χ2n) is 6.29. The van der Waals surface area contributed by atoms with Gasteiger partial charge in [-0.25, -0.2) is 18.0 Å². The minimum absolute atomic E-state index is 0.272. The fraction of sp³-hybridized carbons (Fsp3) is 0.100. The second kappa shape index (κ2) is 6.21. The largest absolute Gasteiger partial charge is 0.423 e. The van der Waals surface area contributed by atoms with Crippen LogP contribution >= 0.6 is 0 Å². The van der Waals surface area contributed by atoms with Crippen LogP contribution in [0, 0.1) is 6.92 Å². The molecule has 2 aromatic carbocycles. The third-order valence-corrected chi connectivity index (χ3v) is 5.92. The van der Waals surface area contributed by atoms with Gasteiger partial charge in [0.15, 0.2) is 14.7 Å². The maximum Gasteiger partial charge on any atom is 0.355 e. The molecule has 4 rings (SSSR count). The lowest BCUT2D eigenvalue weighted by molar-refractivity contribution is 0.532. The predicted molar refractivity (Wildman–Crippen MR) is 101 cm³/mol. The van der Waals surface area contributed by atoms with Gasteiger partial charge < -0.3 is 8.83 Å². The maximum atomic E-state index is 12.9. The van der Waals surface area contributed by atoms with Crippen LogP contribution in [0.1, 0.15) is 11.1 Å². The molecule has 27 heavy (non-hydrogen) atoms. The molecule has 0 fully saturated rings. The molecule has 136 valence electrons. The summed E-state index contributed by atoms with van der Waals surface area (Å²) in [6, 6.07) is 14.2. The molecule has 2 aromatic heterocycles. The van der Waals surface area contributed by atoms with E-state index in [9.17, 15) is 18.0 Å². The number of fused-ring (bicyclic) bond motifs is 2. The first-order chi connectivity index (χ1) is 12.8. The molecule has 0 amide bonds. The lowest BCUT2D eigenvalue weighted by Crippen LogP contribution is -2.16. The molecule has 0 aliphatic rings. The van der Waals surface area contributed by atoms with Crippen molar-refractivity contribution in [3.8, 4) is 0 Å². The van der Waals surface area contributed by atoms with Crippen LogP contribution in [0.15, 0.2) is 77.9 Å². The van der Waals surface area contributed by atoms with E-state index in [2.05, 4.69) is 0 Å². The first-order valence-electron chi connectivity index (χ1n) is 8.12. The van der Waals surface area contributed by atoms with Gasteiger partial charge >= 0.3 is 11.3 Å². The SMILES string of the molecule is Cc1ccc2c(CS(=O)(=O)c3cc4ccccc4oc3=O)cc(=O)oc2c1. The highest BCUT2D eigenvalue weighted by atomic mass is 32.2. The lowest BCUT2D eigenvalue weighted by atomic mass is 10.1. The zero-order chi connectivity index (χ0) is 19.2. The van der Waals surface area contributed by atoms with Crippen molar-refractivity contribution in [2.24, 2.45) is 0 Å². The van der Waals surface area contributed by atoms with Crippen LogP contribution in [0.5, 0.6) is 0 Å². The summed E-state index contributed by atoms with van der Waals surface area (Å²) in [5.74, 6) is -0.513. The Morgan fingerprint density at radius 3 is 2.48 bits per heavy atom. The molecule has 0 bridgehead atoms. The standard InChI is InChI=1S/C20H14O6S/c1-12-6-7-15-14(10-19(21)25-17(15)8-12)11-27(23,24)18-9-13-4-2-3-5-16(13)26-20(18)22/h2-10H,11H2,1H3. The van der Waals surface area contributed by atoms with Crippen LogP contribution in [0.25, 0.3) is 21.9 Å². The molecular formula is C20H14O6S. The Morgan fingerprint density at radius 2 is 1.67 bits per heavy atom. The quantitative estimate of drug-likeness (QED) is 0.505. The molecule has 6 nitrogen and oxygen atoms in total. The number of benzene rings is 2. The van der Waals surface area contributed by atoms with Crippen molar-refractivity contribution in [3.05, 3.63) is 86.6 Å². The summed E-state index contributed by atoms with van der Waals surface area (Å²) in [5.41, 5.74) is 0.177. The summed E-state index contributed by atoms with van der Waals surface area (Å²) in [5, 5.41) is 1.01. The minimum atomic E-state index is -4.04. The summed E-state index contributed by atoms with van der Waals surface area (Å²) in [6.07, 6.45) is 0. The summed E-state index contributed by atoms with van der Waals surface area (Å²) >= 11 is 0. The minimum Gasteiger partial charge on any atom is -0.423 e. The highest BCUT2D eigenvalue weighted by molar-refractivity contribution is 7.90. The van der Waals surface area contributed by atoms with E-state index in [1.165, 1.54) is 6.07 Å². The van der Waals surface area contributed by atoms with Gasteiger partial charge in [-0.05, 0) is 36.2 Å². The topological polar surface area (TPSA) is 94.6 Å². The smallest absolute Gasteiger partial charge is 0.355 e. The average molecular weight is 382 g/mol. The summed E-state index contributed by atoms with van der Waals surface area (Å²) < 4.78 is 36.1.